The van der Waals surface area contributed by atoms with Gasteiger partial charge in [-0.2, -0.15) is 0 Å². The zero-order chi connectivity index (χ0) is 8.97. The first-order chi connectivity index (χ1) is 5.80. The maximum Gasteiger partial charge on any atom is 0.191 e. The molecule has 6 heteroatoms. The Balaban J connectivity index is 3.01. The molecule has 1 rings (SSSR count). The maximum atomic E-state index is 5.22. The molecule has 0 fully saturated rings. The van der Waals surface area contributed by atoms with E-state index in [4.69, 9.17) is 5.84 Å². The summed E-state index contributed by atoms with van der Waals surface area (Å²) in [5, 5.41) is 3.61. The fourth-order valence-electron chi connectivity index (χ4n) is 0.718. The van der Waals surface area contributed by atoms with E-state index in [-0.39, 0.29) is 0 Å². The highest BCUT2D eigenvalue weighted by Crippen LogP contribution is 2.15. The van der Waals surface area contributed by atoms with Gasteiger partial charge in [0, 0.05) is 13.1 Å². The summed E-state index contributed by atoms with van der Waals surface area (Å²) >= 11 is 1.47. The molecule has 0 saturated heterocycles. The maximum absolute atomic E-state index is 5.22. The summed E-state index contributed by atoms with van der Waals surface area (Å²) in [4.78, 5) is 8.26. The number of nitrogens with zero attached hydrogens (tertiary/aromatic N) is 2. The Morgan fingerprint density at radius 1 is 1.42 bits per heavy atom. The zero-order valence-corrected chi connectivity index (χ0v) is 7.77. The lowest BCUT2D eigenvalue weighted by Gasteiger charge is -2.04. The molecule has 0 aliphatic heterocycles. The van der Waals surface area contributed by atoms with E-state index < -0.39 is 0 Å². The Morgan fingerprint density at radius 2 is 2.08 bits per heavy atom. The average Bonchev–Trinajstić information content (AvgIpc) is 2.16. The van der Waals surface area contributed by atoms with Crippen LogP contribution >= 0.6 is 11.8 Å². The number of thioether (sulfide) groups is 1. The predicted molar refractivity (Wildman–Crippen MR) is 51.2 cm³/mol. The molecule has 0 aliphatic rings. The molecular weight excluding hydrogens is 174 g/mol. The van der Waals surface area contributed by atoms with Crippen molar-refractivity contribution in [2.24, 2.45) is 5.84 Å². The summed E-state index contributed by atoms with van der Waals surface area (Å²) in [5.74, 6) is 6.58. The summed E-state index contributed by atoms with van der Waals surface area (Å²) in [6.07, 6.45) is 1.91. The molecule has 5 nitrogen and oxygen atoms in total. The molecule has 0 atom stereocenters. The SMILES string of the molecule is CNc1cc(NN)nc(SC)n1. The third kappa shape index (κ3) is 1.99. The van der Waals surface area contributed by atoms with Crippen molar-refractivity contribution in [2.75, 3.05) is 24.0 Å². The standard InChI is InChI=1S/C6H11N5S/c1-8-4-3-5(11-7)10-6(9-4)12-2/h3H,7H2,1-2H3,(H2,8,9,10,11). The molecule has 0 radical (unpaired) electrons. The van der Waals surface area contributed by atoms with E-state index >= 15 is 0 Å². The molecule has 0 bridgehead atoms. The van der Waals surface area contributed by atoms with Crippen LogP contribution in [0.25, 0.3) is 0 Å². The minimum absolute atomic E-state index is 0.610. The molecule has 12 heavy (non-hydrogen) atoms. The predicted octanol–water partition coefficient (Wildman–Crippen LogP) is 0.526. The van der Waals surface area contributed by atoms with E-state index in [0.717, 1.165) is 5.82 Å². The summed E-state index contributed by atoms with van der Waals surface area (Å²) in [7, 11) is 1.80. The van der Waals surface area contributed by atoms with Gasteiger partial charge in [-0.25, -0.2) is 15.8 Å². The quantitative estimate of drug-likeness (QED) is 0.276. The highest BCUT2D eigenvalue weighted by atomic mass is 32.2. The van der Waals surface area contributed by atoms with Crippen LogP contribution in [0.2, 0.25) is 0 Å². The van der Waals surface area contributed by atoms with Crippen molar-refractivity contribution in [3.05, 3.63) is 6.07 Å². The van der Waals surface area contributed by atoms with Crippen molar-refractivity contribution >= 4 is 23.4 Å². The minimum atomic E-state index is 0.610. The van der Waals surface area contributed by atoms with E-state index in [1.54, 1.807) is 13.1 Å². The van der Waals surface area contributed by atoms with E-state index in [1.807, 2.05) is 6.26 Å². The third-order valence-electron chi connectivity index (χ3n) is 1.29. The van der Waals surface area contributed by atoms with Crippen LogP contribution in [0.15, 0.2) is 11.2 Å². The van der Waals surface area contributed by atoms with Crippen LogP contribution in [-0.2, 0) is 0 Å². The molecule has 0 aromatic carbocycles. The summed E-state index contributed by atoms with van der Waals surface area (Å²) < 4.78 is 0. The first-order valence-electron chi connectivity index (χ1n) is 3.37. The van der Waals surface area contributed by atoms with Crippen molar-refractivity contribution in [3.8, 4) is 0 Å². The smallest absolute Gasteiger partial charge is 0.191 e. The van der Waals surface area contributed by atoms with Crippen molar-refractivity contribution in [1.82, 2.24) is 9.97 Å². The van der Waals surface area contributed by atoms with Crippen LogP contribution in [0, 0.1) is 0 Å². The Labute approximate surface area is 75.1 Å². The number of anilines is 2. The Bertz CT molecular complexity index is 209. The van der Waals surface area contributed by atoms with Crippen molar-refractivity contribution in [2.45, 2.75) is 5.16 Å². The molecule has 1 heterocycles. The van der Waals surface area contributed by atoms with Gasteiger partial charge in [0.15, 0.2) is 5.16 Å². The zero-order valence-electron chi connectivity index (χ0n) is 6.96. The van der Waals surface area contributed by atoms with E-state index in [1.165, 1.54) is 11.8 Å². The second kappa shape index (κ2) is 4.13. The molecular formula is C6H11N5S. The first kappa shape index (κ1) is 9.08. The second-order valence-corrected chi connectivity index (χ2v) is 2.79. The van der Waals surface area contributed by atoms with Gasteiger partial charge in [-0.3, -0.25) is 0 Å². The summed E-state index contributed by atoms with van der Waals surface area (Å²) in [6, 6.07) is 1.74. The molecule has 66 valence electrons. The van der Waals surface area contributed by atoms with Crippen molar-refractivity contribution in [1.29, 1.82) is 0 Å². The lowest BCUT2D eigenvalue weighted by molar-refractivity contribution is 0.968. The lowest BCUT2D eigenvalue weighted by atomic mass is 10.5. The minimum Gasteiger partial charge on any atom is -0.373 e. The molecule has 0 saturated carbocycles. The number of hydrogen-bond donors (Lipinski definition) is 3. The first-order valence-corrected chi connectivity index (χ1v) is 4.60. The average molecular weight is 185 g/mol. The van der Waals surface area contributed by atoms with Crippen LogP contribution in [0.3, 0.4) is 0 Å². The Morgan fingerprint density at radius 3 is 2.58 bits per heavy atom. The number of aromatic nitrogens is 2. The van der Waals surface area contributed by atoms with Gasteiger partial charge in [-0.05, 0) is 6.26 Å². The highest BCUT2D eigenvalue weighted by molar-refractivity contribution is 7.98. The number of nitrogens with two attached hydrogens (primary N) is 1. The normalized spacial score (nSPS) is 9.58. The van der Waals surface area contributed by atoms with Crippen LogP contribution in [0.5, 0.6) is 0 Å². The molecule has 0 spiro atoms. The number of nitrogen functional groups attached to an aromatic ring is 1. The van der Waals surface area contributed by atoms with E-state index in [9.17, 15) is 0 Å². The van der Waals surface area contributed by atoms with E-state index in [2.05, 4.69) is 20.7 Å². The van der Waals surface area contributed by atoms with Gasteiger partial charge in [-0.15, -0.1) is 0 Å². The molecule has 1 aromatic heterocycles. The van der Waals surface area contributed by atoms with Gasteiger partial charge in [-0.1, -0.05) is 11.8 Å². The van der Waals surface area contributed by atoms with Gasteiger partial charge in [0.1, 0.15) is 11.6 Å². The lowest BCUT2D eigenvalue weighted by Crippen LogP contribution is -2.10. The van der Waals surface area contributed by atoms with Crippen LogP contribution in [-0.4, -0.2) is 23.3 Å². The fraction of sp³-hybridized carbons (Fsp3) is 0.333. The van der Waals surface area contributed by atoms with Crippen LogP contribution < -0.4 is 16.6 Å². The number of hydrazine groups is 1. The van der Waals surface area contributed by atoms with Crippen molar-refractivity contribution in [3.63, 3.8) is 0 Å². The largest absolute Gasteiger partial charge is 0.373 e. The monoisotopic (exact) mass is 185 g/mol. The van der Waals surface area contributed by atoms with Gasteiger partial charge in [0.25, 0.3) is 0 Å². The molecule has 1 aromatic rings. The third-order valence-corrected chi connectivity index (χ3v) is 1.84. The Hall–Kier alpha value is -1.01. The van der Waals surface area contributed by atoms with Crippen LogP contribution in [0.4, 0.5) is 11.6 Å². The van der Waals surface area contributed by atoms with Gasteiger partial charge in [0.2, 0.25) is 0 Å². The molecule has 0 aliphatic carbocycles. The number of rotatable bonds is 3. The summed E-state index contributed by atoms with van der Waals surface area (Å²) in [5.41, 5.74) is 2.47. The van der Waals surface area contributed by atoms with Crippen LogP contribution in [0.1, 0.15) is 0 Å². The van der Waals surface area contributed by atoms with Gasteiger partial charge >= 0.3 is 0 Å². The Kier molecular flexibility index (Phi) is 3.12. The molecule has 0 unspecified atom stereocenters. The van der Waals surface area contributed by atoms with E-state index in [0.29, 0.717) is 11.0 Å². The fourth-order valence-corrected chi connectivity index (χ4v) is 1.10. The van der Waals surface area contributed by atoms with Gasteiger partial charge in [0.05, 0.1) is 0 Å². The van der Waals surface area contributed by atoms with Crippen molar-refractivity contribution < 1.29 is 0 Å². The van der Waals surface area contributed by atoms with Gasteiger partial charge < -0.3 is 10.7 Å². The number of hydrogen-bond acceptors (Lipinski definition) is 6. The second-order valence-electron chi connectivity index (χ2n) is 2.02. The molecule has 0 amide bonds. The summed E-state index contributed by atoms with van der Waals surface area (Å²) in [6.45, 7) is 0. The number of nitrogens with one attached hydrogen (secondary N) is 2. The topological polar surface area (TPSA) is 75.9 Å². The highest BCUT2D eigenvalue weighted by Gasteiger charge is 2.00. The molecule has 4 N–H and O–H groups in total.